The van der Waals surface area contributed by atoms with E-state index in [4.69, 9.17) is 0 Å². The fourth-order valence-corrected chi connectivity index (χ4v) is 2.74. The number of nitrogens with zero attached hydrogens (tertiary/aromatic N) is 2. The monoisotopic (exact) mass is 289 g/mol. The van der Waals surface area contributed by atoms with Crippen LogP contribution >= 0.6 is 0 Å². The Morgan fingerprint density at radius 3 is 2.62 bits per heavy atom. The van der Waals surface area contributed by atoms with Gasteiger partial charge in [0.25, 0.3) is 5.91 Å². The van der Waals surface area contributed by atoms with Crippen LogP contribution in [0, 0.1) is 0 Å². The molecule has 1 N–H and O–H groups in total. The van der Waals surface area contributed by atoms with Crippen LogP contribution in [0.3, 0.4) is 0 Å². The first kappa shape index (κ1) is 15.2. The molecule has 6 nitrogen and oxygen atoms in total. The lowest BCUT2D eigenvalue weighted by molar-refractivity contribution is -0.137. The summed E-state index contributed by atoms with van der Waals surface area (Å²) in [6.07, 6.45) is 2.27. The molecule has 1 aromatic rings. The smallest absolute Gasteiger partial charge is 0.257 e. The van der Waals surface area contributed by atoms with Crippen molar-refractivity contribution in [1.82, 2.24) is 15.2 Å². The second-order valence-electron chi connectivity index (χ2n) is 4.79. The first-order valence-corrected chi connectivity index (χ1v) is 7.21. The number of piperidine rings is 1. The molecular formula is C15H19N3O3. The summed E-state index contributed by atoms with van der Waals surface area (Å²) in [6, 6.07) is 2.59. The zero-order valence-corrected chi connectivity index (χ0v) is 12.4. The van der Waals surface area contributed by atoms with E-state index in [1.165, 1.54) is 4.90 Å². The molecule has 0 bridgehead atoms. The second-order valence-corrected chi connectivity index (χ2v) is 4.79. The van der Waals surface area contributed by atoms with Crippen LogP contribution in [0.5, 0.6) is 0 Å². The summed E-state index contributed by atoms with van der Waals surface area (Å²) >= 11 is 0. The van der Waals surface area contributed by atoms with E-state index in [1.54, 1.807) is 18.3 Å². The lowest BCUT2D eigenvalue weighted by Crippen LogP contribution is -2.53. The van der Waals surface area contributed by atoms with Gasteiger partial charge in [-0.05, 0) is 25.5 Å². The summed E-state index contributed by atoms with van der Waals surface area (Å²) in [4.78, 5) is 41.2. The highest BCUT2D eigenvalue weighted by Crippen LogP contribution is 2.34. The van der Waals surface area contributed by atoms with Crippen molar-refractivity contribution in [1.29, 1.82) is 0 Å². The van der Waals surface area contributed by atoms with Gasteiger partial charge >= 0.3 is 0 Å². The third-order valence-electron chi connectivity index (χ3n) is 3.66. The third kappa shape index (κ3) is 2.53. The fraction of sp³-hybridized carbons (Fsp3) is 0.467. The van der Waals surface area contributed by atoms with Crippen molar-refractivity contribution in [3.05, 3.63) is 29.6 Å². The first-order valence-electron chi connectivity index (χ1n) is 7.21. The molecule has 3 amide bonds. The van der Waals surface area contributed by atoms with E-state index in [-0.39, 0.29) is 24.3 Å². The molecule has 0 spiro atoms. The Morgan fingerprint density at radius 2 is 2.00 bits per heavy atom. The van der Waals surface area contributed by atoms with Crippen molar-refractivity contribution in [3.63, 3.8) is 0 Å². The van der Waals surface area contributed by atoms with E-state index in [0.717, 1.165) is 0 Å². The summed E-state index contributed by atoms with van der Waals surface area (Å²) in [7, 11) is 0. The summed E-state index contributed by atoms with van der Waals surface area (Å²) in [5.74, 6) is -0.870. The minimum atomic E-state index is -0.589. The minimum Gasteiger partial charge on any atom is -0.318 e. The number of amides is 3. The molecule has 0 radical (unpaired) electrons. The quantitative estimate of drug-likeness (QED) is 0.793. The fourth-order valence-electron chi connectivity index (χ4n) is 2.74. The van der Waals surface area contributed by atoms with Gasteiger partial charge in [0.2, 0.25) is 11.8 Å². The van der Waals surface area contributed by atoms with Crippen LogP contribution in [-0.2, 0) is 9.59 Å². The van der Waals surface area contributed by atoms with Gasteiger partial charge in [0.05, 0.1) is 17.3 Å². The van der Waals surface area contributed by atoms with Crippen molar-refractivity contribution in [2.75, 3.05) is 0 Å². The van der Waals surface area contributed by atoms with Crippen LogP contribution in [0.2, 0.25) is 0 Å². The zero-order chi connectivity index (χ0) is 15.6. The van der Waals surface area contributed by atoms with Crippen LogP contribution in [0.1, 0.15) is 55.7 Å². The lowest BCUT2D eigenvalue weighted by Gasteiger charge is -2.32. The van der Waals surface area contributed by atoms with Gasteiger partial charge in [0.1, 0.15) is 6.04 Å². The Kier molecular flexibility index (Phi) is 4.35. The highest BCUT2D eigenvalue weighted by atomic mass is 16.2. The third-order valence-corrected chi connectivity index (χ3v) is 3.66. The maximum atomic E-state index is 12.4. The van der Waals surface area contributed by atoms with Gasteiger partial charge in [-0.1, -0.05) is 13.8 Å². The average molecular weight is 289 g/mol. The molecule has 2 atom stereocenters. The van der Waals surface area contributed by atoms with Gasteiger partial charge in [-0.2, -0.15) is 0 Å². The number of carbonyl (C=O) groups is 3. The van der Waals surface area contributed by atoms with Crippen LogP contribution in [0.15, 0.2) is 18.3 Å². The van der Waals surface area contributed by atoms with Crippen LogP contribution in [-0.4, -0.2) is 33.6 Å². The van der Waals surface area contributed by atoms with Crippen molar-refractivity contribution in [2.24, 2.45) is 0 Å². The number of aromatic nitrogens is 1. The Hall–Kier alpha value is -2.24. The van der Waals surface area contributed by atoms with E-state index in [0.29, 0.717) is 17.7 Å². The number of rotatable bonds is 1. The minimum absolute atomic E-state index is 0.190. The molecule has 2 aliphatic rings. The van der Waals surface area contributed by atoms with Gasteiger partial charge in [-0.25, -0.2) is 0 Å². The van der Waals surface area contributed by atoms with E-state index in [1.807, 2.05) is 20.8 Å². The molecule has 1 aromatic heterocycles. The maximum Gasteiger partial charge on any atom is 0.257 e. The Balaban J connectivity index is 0.000000774. The number of fused-ring (bicyclic) bond motifs is 1. The molecule has 0 aliphatic carbocycles. The molecular weight excluding hydrogens is 270 g/mol. The predicted octanol–water partition coefficient (Wildman–Crippen LogP) is 1.43. The van der Waals surface area contributed by atoms with E-state index >= 15 is 0 Å². The molecule has 3 rings (SSSR count). The average Bonchev–Trinajstić information content (AvgIpc) is 2.75. The number of hydrogen-bond acceptors (Lipinski definition) is 4. The van der Waals surface area contributed by atoms with Crippen molar-refractivity contribution >= 4 is 17.7 Å². The zero-order valence-electron chi connectivity index (χ0n) is 12.4. The Bertz CT molecular complexity index is 585. The van der Waals surface area contributed by atoms with E-state index in [2.05, 4.69) is 10.3 Å². The summed E-state index contributed by atoms with van der Waals surface area (Å²) in [5.41, 5.74) is 1.23. The first-order chi connectivity index (χ1) is 10.1. The van der Waals surface area contributed by atoms with Gasteiger partial charge < -0.3 is 4.90 Å². The molecule has 3 heterocycles. The number of hydrogen-bond donors (Lipinski definition) is 1. The van der Waals surface area contributed by atoms with Gasteiger partial charge in [0, 0.05) is 12.6 Å². The van der Waals surface area contributed by atoms with Crippen molar-refractivity contribution in [2.45, 2.75) is 45.7 Å². The standard InChI is InChI=1S/C13H13N3O3.C2H6/c1-7-11-8(3-2-6-14-11)13(19)16(7)9-4-5-10(17)15-12(9)18;1-2/h2-3,6-7,9H,4-5H2,1H3,(H,15,17,18);1-2H3. The highest BCUT2D eigenvalue weighted by molar-refractivity contribution is 6.05. The Morgan fingerprint density at radius 1 is 1.29 bits per heavy atom. The second kappa shape index (κ2) is 6.03. The summed E-state index contributed by atoms with van der Waals surface area (Å²) < 4.78 is 0. The molecule has 2 unspecified atom stereocenters. The number of imide groups is 1. The molecule has 1 saturated heterocycles. The highest BCUT2D eigenvalue weighted by Gasteiger charge is 2.43. The van der Waals surface area contributed by atoms with Crippen LogP contribution in [0.25, 0.3) is 0 Å². The molecule has 1 fully saturated rings. The molecule has 21 heavy (non-hydrogen) atoms. The maximum absolute atomic E-state index is 12.4. The number of pyridine rings is 1. The van der Waals surface area contributed by atoms with Gasteiger partial charge in [-0.15, -0.1) is 0 Å². The molecule has 0 saturated carbocycles. The van der Waals surface area contributed by atoms with Crippen molar-refractivity contribution in [3.8, 4) is 0 Å². The summed E-state index contributed by atoms with van der Waals surface area (Å²) in [5, 5.41) is 2.28. The topological polar surface area (TPSA) is 79.4 Å². The molecule has 0 aromatic carbocycles. The Labute approximate surface area is 123 Å². The van der Waals surface area contributed by atoms with E-state index in [9.17, 15) is 14.4 Å². The normalized spacial score (nSPS) is 24.1. The molecule has 112 valence electrons. The molecule has 6 heteroatoms. The van der Waals surface area contributed by atoms with Gasteiger partial charge in [-0.3, -0.25) is 24.7 Å². The lowest BCUT2D eigenvalue weighted by atomic mass is 10.0. The summed E-state index contributed by atoms with van der Waals surface area (Å²) in [6.45, 7) is 5.85. The van der Waals surface area contributed by atoms with Crippen LogP contribution < -0.4 is 5.32 Å². The molecule has 2 aliphatic heterocycles. The predicted molar refractivity (Wildman–Crippen MR) is 76.3 cm³/mol. The number of nitrogens with one attached hydrogen (secondary N) is 1. The van der Waals surface area contributed by atoms with Crippen LogP contribution in [0.4, 0.5) is 0 Å². The van der Waals surface area contributed by atoms with Crippen molar-refractivity contribution < 1.29 is 14.4 Å². The SMILES string of the molecule is CC.CC1c2ncccc2C(=O)N1C1CCC(=O)NC1=O. The number of carbonyl (C=O) groups excluding carboxylic acids is 3. The largest absolute Gasteiger partial charge is 0.318 e. The van der Waals surface area contributed by atoms with E-state index < -0.39 is 11.9 Å². The van der Waals surface area contributed by atoms with Gasteiger partial charge in [0.15, 0.2) is 0 Å².